The second kappa shape index (κ2) is 10.6. The van der Waals surface area contributed by atoms with E-state index >= 15 is 0 Å². The molecule has 0 unspecified atom stereocenters. The Balaban J connectivity index is 1.70. The van der Waals surface area contributed by atoms with Crippen LogP contribution < -0.4 is 10.1 Å². The number of fused-ring (bicyclic) bond motifs is 1. The maximum Gasteiger partial charge on any atom is 0.411 e. The quantitative estimate of drug-likeness (QED) is 0.379. The van der Waals surface area contributed by atoms with Gasteiger partial charge in [0, 0.05) is 29.8 Å². The van der Waals surface area contributed by atoms with Gasteiger partial charge in [-0.15, -0.1) is 0 Å². The molecule has 34 heavy (non-hydrogen) atoms. The van der Waals surface area contributed by atoms with Crippen molar-refractivity contribution in [3.8, 4) is 23.1 Å². The van der Waals surface area contributed by atoms with E-state index in [0.717, 1.165) is 40.8 Å². The van der Waals surface area contributed by atoms with Crippen LogP contribution >= 0.6 is 0 Å². The molecule has 178 valence electrons. The number of nitrogens with zero attached hydrogens (tertiary/aromatic N) is 2. The van der Waals surface area contributed by atoms with Crippen molar-refractivity contribution < 1.29 is 19.0 Å². The third kappa shape index (κ3) is 5.02. The fourth-order valence-corrected chi connectivity index (χ4v) is 4.24. The van der Waals surface area contributed by atoms with Crippen molar-refractivity contribution in [2.24, 2.45) is 0 Å². The summed E-state index contributed by atoms with van der Waals surface area (Å²) in [6.07, 6.45) is 2.66. The molecule has 0 bridgehead atoms. The van der Waals surface area contributed by atoms with Gasteiger partial charge in [0.1, 0.15) is 18.4 Å². The first kappa shape index (κ1) is 23.7. The number of rotatable bonds is 9. The van der Waals surface area contributed by atoms with Gasteiger partial charge in [-0.3, -0.25) is 5.32 Å². The minimum atomic E-state index is -0.485. The second-order valence-electron chi connectivity index (χ2n) is 8.67. The Morgan fingerprint density at radius 2 is 1.94 bits per heavy atom. The Morgan fingerprint density at radius 3 is 2.56 bits per heavy atom. The van der Waals surface area contributed by atoms with Gasteiger partial charge in [0.15, 0.2) is 0 Å². The van der Waals surface area contributed by atoms with Crippen LogP contribution in [-0.2, 0) is 9.47 Å². The average Bonchev–Trinajstić information content (AvgIpc) is 3.09. The first-order chi connectivity index (χ1) is 16.5. The van der Waals surface area contributed by atoms with Crippen molar-refractivity contribution in [1.29, 1.82) is 5.26 Å². The van der Waals surface area contributed by atoms with E-state index in [2.05, 4.69) is 16.0 Å². The van der Waals surface area contributed by atoms with Crippen LogP contribution in [0.5, 0.6) is 5.75 Å². The maximum atomic E-state index is 11.9. The summed E-state index contributed by atoms with van der Waals surface area (Å²) in [5.41, 5.74) is 4.14. The van der Waals surface area contributed by atoms with Crippen LogP contribution in [0.2, 0.25) is 0 Å². The van der Waals surface area contributed by atoms with E-state index < -0.39 is 6.09 Å². The lowest BCUT2D eigenvalue weighted by Gasteiger charge is -2.30. The van der Waals surface area contributed by atoms with E-state index in [1.165, 1.54) is 6.42 Å². The summed E-state index contributed by atoms with van der Waals surface area (Å²) in [6, 6.07) is 16.2. The first-order valence-electron chi connectivity index (χ1n) is 11.9. The molecule has 1 heterocycles. The number of aromatic nitrogens is 1. The van der Waals surface area contributed by atoms with Crippen molar-refractivity contribution >= 4 is 22.7 Å². The van der Waals surface area contributed by atoms with Crippen LogP contribution in [0.15, 0.2) is 42.5 Å². The van der Waals surface area contributed by atoms with E-state index in [4.69, 9.17) is 14.2 Å². The number of nitriles is 1. The summed E-state index contributed by atoms with van der Waals surface area (Å²) in [5.74, 6) is 0.768. The van der Waals surface area contributed by atoms with Gasteiger partial charge >= 0.3 is 6.09 Å². The van der Waals surface area contributed by atoms with E-state index in [1.54, 1.807) is 13.8 Å². The van der Waals surface area contributed by atoms with Crippen molar-refractivity contribution in [2.45, 2.75) is 52.2 Å². The number of carbonyl (C=O) groups is 1. The highest BCUT2D eigenvalue weighted by atomic mass is 16.6. The molecule has 3 aromatic rings. The Morgan fingerprint density at radius 1 is 1.18 bits per heavy atom. The number of benzene rings is 2. The van der Waals surface area contributed by atoms with Crippen molar-refractivity contribution in [3.63, 3.8) is 0 Å². The minimum absolute atomic E-state index is 0.191. The molecular formula is C27H31N3O4. The zero-order valence-corrected chi connectivity index (χ0v) is 20.0. The molecule has 1 aliphatic carbocycles. The smallest absolute Gasteiger partial charge is 0.411 e. The number of anilines is 1. The lowest BCUT2D eigenvalue weighted by Crippen LogP contribution is -2.18. The van der Waals surface area contributed by atoms with Gasteiger partial charge in [-0.05, 0) is 69.9 Å². The normalized spacial score (nSPS) is 13.5. The predicted octanol–water partition coefficient (Wildman–Crippen LogP) is 6.28. The minimum Gasteiger partial charge on any atom is -0.491 e. The highest BCUT2D eigenvalue weighted by Crippen LogP contribution is 2.43. The molecular weight excluding hydrogens is 430 g/mol. The molecule has 1 aromatic heterocycles. The van der Waals surface area contributed by atoms with Gasteiger partial charge < -0.3 is 18.8 Å². The molecule has 7 nitrogen and oxygen atoms in total. The van der Waals surface area contributed by atoms with Crippen LogP contribution in [-0.4, -0.2) is 36.6 Å². The number of hydrogen-bond donors (Lipinski definition) is 1. The molecule has 0 radical (unpaired) electrons. The molecule has 4 rings (SSSR count). The highest BCUT2D eigenvalue weighted by Gasteiger charge is 2.28. The van der Waals surface area contributed by atoms with Crippen LogP contribution in [0, 0.1) is 11.3 Å². The molecule has 1 aliphatic rings. The Kier molecular flexibility index (Phi) is 7.39. The molecule has 0 aliphatic heterocycles. The van der Waals surface area contributed by atoms with Crippen LogP contribution in [0.4, 0.5) is 10.5 Å². The Labute approximate surface area is 200 Å². The molecule has 1 N–H and O–H groups in total. The summed E-state index contributed by atoms with van der Waals surface area (Å²) in [6.45, 7) is 7.26. The van der Waals surface area contributed by atoms with Gasteiger partial charge in [0.05, 0.1) is 29.5 Å². The second-order valence-corrected chi connectivity index (χ2v) is 8.67. The topological polar surface area (TPSA) is 85.5 Å². The van der Waals surface area contributed by atoms with Crippen LogP contribution in [0.25, 0.3) is 22.2 Å². The molecule has 7 heteroatoms. The summed E-state index contributed by atoms with van der Waals surface area (Å²) in [4.78, 5) is 11.9. The van der Waals surface area contributed by atoms with Gasteiger partial charge in [0.25, 0.3) is 0 Å². The number of carbonyl (C=O) groups excluding carboxylic acids is 1. The summed E-state index contributed by atoms with van der Waals surface area (Å²) < 4.78 is 18.7. The average molecular weight is 462 g/mol. The lowest BCUT2D eigenvalue weighted by atomic mass is 9.92. The van der Waals surface area contributed by atoms with Crippen molar-refractivity contribution in [2.75, 3.05) is 25.1 Å². The summed E-state index contributed by atoms with van der Waals surface area (Å²) >= 11 is 0. The molecule has 0 spiro atoms. The van der Waals surface area contributed by atoms with Crippen molar-refractivity contribution in [1.82, 2.24) is 4.57 Å². The van der Waals surface area contributed by atoms with Gasteiger partial charge in [-0.2, -0.15) is 5.26 Å². The fraction of sp³-hybridized carbons (Fsp3) is 0.407. The van der Waals surface area contributed by atoms with E-state index in [1.807, 2.05) is 49.4 Å². The highest BCUT2D eigenvalue weighted by molar-refractivity contribution is 5.96. The number of ether oxygens (including phenoxy) is 3. The molecule has 1 fully saturated rings. The third-order valence-corrected chi connectivity index (χ3v) is 5.98. The zero-order chi connectivity index (χ0) is 24.1. The van der Waals surface area contributed by atoms with Crippen molar-refractivity contribution in [3.05, 3.63) is 48.0 Å². The van der Waals surface area contributed by atoms with Gasteiger partial charge in [0.2, 0.25) is 0 Å². The fourth-order valence-electron chi connectivity index (χ4n) is 4.24. The monoisotopic (exact) mass is 461 g/mol. The standard InChI is InChI=1S/C27H31N3O4/c1-4-32-14-15-33-22-12-13-23-24(17-28)26(30(25(23)16-22)21-6-5-7-21)19-8-10-20(11-9-19)29-27(31)34-18(2)3/h8-13,16,18,21H,4-7,14-15H2,1-3H3,(H,29,31). The largest absolute Gasteiger partial charge is 0.491 e. The summed E-state index contributed by atoms with van der Waals surface area (Å²) in [7, 11) is 0. The Bertz CT molecular complexity index is 1190. The number of hydrogen-bond acceptors (Lipinski definition) is 5. The van der Waals surface area contributed by atoms with E-state index in [0.29, 0.717) is 37.1 Å². The lowest BCUT2D eigenvalue weighted by molar-refractivity contribution is 0.110. The molecule has 1 saturated carbocycles. The van der Waals surface area contributed by atoms with Gasteiger partial charge in [-0.25, -0.2) is 4.79 Å². The molecule has 1 amide bonds. The van der Waals surface area contributed by atoms with E-state index in [9.17, 15) is 10.1 Å². The zero-order valence-electron chi connectivity index (χ0n) is 20.0. The number of nitrogens with one attached hydrogen (secondary N) is 1. The van der Waals surface area contributed by atoms with E-state index in [-0.39, 0.29) is 6.10 Å². The maximum absolute atomic E-state index is 11.9. The van der Waals surface area contributed by atoms with Crippen LogP contribution in [0.3, 0.4) is 0 Å². The van der Waals surface area contributed by atoms with Gasteiger partial charge in [-0.1, -0.05) is 12.1 Å². The third-order valence-electron chi connectivity index (χ3n) is 5.98. The first-order valence-corrected chi connectivity index (χ1v) is 11.9. The van der Waals surface area contributed by atoms with Crippen LogP contribution in [0.1, 0.15) is 51.6 Å². The molecule has 0 saturated heterocycles. The predicted molar refractivity (Wildman–Crippen MR) is 132 cm³/mol. The molecule has 0 atom stereocenters. The number of amides is 1. The Hall–Kier alpha value is -3.50. The summed E-state index contributed by atoms with van der Waals surface area (Å²) in [5, 5.41) is 13.8. The molecule has 2 aromatic carbocycles. The SMILES string of the molecule is CCOCCOc1ccc2c(C#N)c(-c3ccc(NC(=O)OC(C)C)cc3)n(C3CCC3)c2c1.